The normalized spacial score (nSPS) is 34.8. The molecule has 18 heavy (non-hydrogen) atoms. The molecule has 1 saturated heterocycles. The summed E-state index contributed by atoms with van der Waals surface area (Å²) in [5, 5.41) is 0. The van der Waals surface area contributed by atoms with E-state index in [0.717, 1.165) is 12.5 Å². The zero-order valence-electron chi connectivity index (χ0n) is 13.3. The van der Waals surface area contributed by atoms with Crippen molar-refractivity contribution in [1.82, 2.24) is 0 Å². The fraction of sp³-hybridized carbons (Fsp3) is 1.00. The maximum atomic E-state index is 5.98. The zero-order chi connectivity index (χ0) is 13.6. The van der Waals surface area contributed by atoms with Gasteiger partial charge in [-0.05, 0) is 50.9 Å². The third-order valence-corrected chi connectivity index (χ3v) is 4.67. The van der Waals surface area contributed by atoms with Gasteiger partial charge in [0.05, 0.1) is 12.2 Å². The molecule has 0 N–H and O–H groups in total. The van der Waals surface area contributed by atoms with Crippen LogP contribution in [0.5, 0.6) is 0 Å². The molecule has 2 atom stereocenters. The molecule has 2 unspecified atom stereocenters. The minimum atomic E-state index is 0.143. The third kappa shape index (κ3) is 4.26. The highest BCUT2D eigenvalue weighted by Crippen LogP contribution is 2.49. The van der Waals surface area contributed by atoms with Gasteiger partial charge in [-0.25, -0.2) is 0 Å². The van der Waals surface area contributed by atoms with E-state index in [9.17, 15) is 0 Å². The molecule has 0 amide bonds. The average Bonchev–Trinajstić information content (AvgIpc) is 2.53. The summed E-state index contributed by atoms with van der Waals surface area (Å²) in [6.45, 7) is 11.9. The minimum absolute atomic E-state index is 0.143. The minimum Gasteiger partial charge on any atom is -0.375 e. The summed E-state index contributed by atoms with van der Waals surface area (Å²) in [4.78, 5) is 0. The van der Waals surface area contributed by atoms with E-state index in [2.05, 4.69) is 20.8 Å². The highest BCUT2D eigenvalue weighted by molar-refractivity contribution is 4.94. The highest BCUT2D eigenvalue weighted by Gasteiger charge is 2.44. The van der Waals surface area contributed by atoms with Gasteiger partial charge in [0, 0.05) is 0 Å². The lowest BCUT2D eigenvalue weighted by Crippen LogP contribution is -2.23. The molecular formula is C17H34O. The van der Waals surface area contributed by atoms with Crippen molar-refractivity contribution in [3.8, 4) is 0 Å². The first-order valence-corrected chi connectivity index (χ1v) is 8.19. The molecule has 108 valence electrons. The van der Waals surface area contributed by atoms with Crippen LogP contribution in [0.2, 0.25) is 0 Å². The molecule has 1 aliphatic heterocycles. The van der Waals surface area contributed by atoms with Crippen molar-refractivity contribution in [2.45, 2.75) is 91.6 Å². The number of hydrogen-bond donors (Lipinski definition) is 0. The average molecular weight is 254 g/mol. The number of rotatable bonds is 2. The lowest BCUT2D eigenvalue weighted by atomic mass is 9.76. The molecular weight excluding hydrogens is 220 g/mol. The molecule has 0 aromatic rings. The van der Waals surface area contributed by atoms with E-state index in [1.165, 1.54) is 51.4 Å². The van der Waals surface area contributed by atoms with E-state index in [-0.39, 0.29) is 5.60 Å². The van der Waals surface area contributed by atoms with Gasteiger partial charge in [-0.15, -0.1) is 0 Å². The Kier molecular flexibility index (Phi) is 6.17. The van der Waals surface area contributed by atoms with Crippen molar-refractivity contribution >= 4 is 0 Å². The first kappa shape index (κ1) is 16.0. The van der Waals surface area contributed by atoms with Crippen molar-refractivity contribution in [2.75, 3.05) is 6.61 Å². The van der Waals surface area contributed by atoms with Gasteiger partial charge >= 0.3 is 0 Å². The second-order valence-corrected chi connectivity index (χ2v) is 6.81. The van der Waals surface area contributed by atoms with E-state index >= 15 is 0 Å². The SMILES string of the molecule is CC.CCCC1CCCC2(CC1)COC(C)(C)C2. The molecule has 0 bridgehead atoms. The van der Waals surface area contributed by atoms with E-state index in [1.54, 1.807) is 0 Å². The molecule has 1 spiro atoms. The Bertz CT molecular complexity index is 234. The van der Waals surface area contributed by atoms with Crippen molar-refractivity contribution in [3.63, 3.8) is 0 Å². The third-order valence-electron chi connectivity index (χ3n) is 4.67. The van der Waals surface area contributed by atoms with E-state index in [4.69, 9.17) is 4.74 Å². The predicted molar refractivity (Wildman–Crippen MR) is 79.9 cm³/mol. The number of hydrogen-bond acceptors (Lipinski definition) is 1. The maximum absolute atomic E-state index is 5.98. The van der Waals surface area contributed by atoms with Crippen molar-refractivity contribution in [1.29, 1.82) is 0 Å². The Morgan fingerprint density at radius 3 is 2.39 bits per heavy atom. The lowest BCUT2D eigenvalue weighted by Gasteiger charge is -2.27. The van der Waals surface area contributed by atoms with Crippen LogP contribution in [0.1, 0.15) is 86.0 Å². The summed E-state index contributed by atoms with van der Waals surface area (Å²) >= 11 is 0. The van der Waals surface area contributed by atoms with Gasteiger partial charge in [-0.3, -0.25) is 0 Å². The van der Waals surface area contributed by atoms with E-state index in [0.29, 0.717) is 5.41 Å². The first-order chi connectivity index (χ1) is 8.55. The van der Waals surface area contributed by atoms with Gasteiger partial charge in [0.15, 0.2) is 0 Å². The fourth-order valence-corrected chi connectivity index (χ4v) is 3.92. The molecule has 1 aliphatic carbocycles. The van der Waals surface area contributed by atoms with Crippen LogP contribution >= 0.6 is 0 Å². The Balaban J connectivity index is 0.000000771. The molecule has 0 aromatic carbocycles. The Labute approximate surface area is 115 Å². The van der Waals surface area contributed by atoms with Crippen LogP contribution in [0.15, 0.2) is 0 Å². The van der Waals surface area contributed by atoms with Crippen LogP contribution in [0.3, 0.4) is 0 Å². The second-order valence-electron chi connectivity index (χ2n) is 6.81. The summed E-state index contributed by atoms with van der Waals surface area (Å²) in [5.74, 6) is 1.01. The summed E-state index contributed by atoms with van der Waals surface area (Å²) in [7, 11) is 0. The van der Waals surface area contributed by atoms with Gasteiger partial charge in [0.2, 0.25) is 0 Å². The Morgan fingerprint density at radius 2 is 1.83 bits per heavy atom. The van der Waals surface area contributed by atoms with Crippen LogP contribution in [0.25, 0.3) is 0 Å². The molecule has 1 nitrogen and oxygen atoms in total. The lowest BCUT2D eigenvalue weighted by molar-refractivity contribution is 0.0301. The topological polar surface area (TPSA) is 9.23 Å². The van der Waals surface area contributed by atoms with Crippen molar-refractivity contribution in [2.24, 2.45) is 11.3 Å². The van der Waals surface area contributed by atoms with Crippen LogP contribution in [-0.2, 0) is 4.74 Å². The van der Waals surface area contributed by atoms with Crippen LogP contribution in [0, 0.1) is 11.3 Å². The van der Waals surface area contributed by atoms with Crippen LogP contribution in [0.4, 0.5) is 0 Å². The smallest absolute Gasteiger partial charge is 0.0632 e. The summed E-state index contributed by atoms with van der Waals surface area (Å²) in [6.07, 6.45) is 11.3. The number of ether oxygens (including phenoxy) is 1. The van der Waals surface area contributed by atoms with Crippen LogP contribution in [-0.4, -0.2) is 12.2 Å². The Morgan fingerprint density at radius 1 is 1.11 bits per heavy atom. The quantitative estimate of drug-likeness (QED) is 0.625. The van der Waals surface area contributed by atoms with Gasteiger partial charge in [-0.2, -0.15) is 0 Å². The summed E-state index contributed by atoms with van der Waals surface area (Å²) < 4.78 is 5.98. The van der Waals surface area contributed by atoms with Crippen molar-refractivity contribution in [3.05, 3.63) is 0 Å². The Hall–Kier alpha value is -0.0400. The monoisotopic (exact) mass is 254 g/mol. The van der Waals surface area contributed by atoms with Crippen LogP contribution < -0.4 is 0 Å². The standard InChI is InChI=1S/C15H28O.C2H6/c1-4-6-13-7-5-9-15(10-8-13)11-14(2,3)16-12-15;1-2/h13H,4-12H2,1-3H3;1-2H3. The van der Waals surface area contributed by atoms with Gasteiger partial charge in [0.25, 0.3) is 0 Å². The molecule has 2 rings (SSSR count). The maximum Gasteiger partial charge on any atom is 0.0632 e. The van der Waals surface area contributed by atoms with Gasteiger partial charge < -0.3 is 4.74 Å². The fourth-order valence-electron chi connectivity index (χ4n) is 3.92. The molecule has 0 aromatic heterocycles. The predicted octanol–water partition coefficient (Wildman–Crippen LogP) is 5.58. The van der Waals surface area contributed by atoms with Crippen molar-refractivity contribution < 1.29 is 4.74 Å². The molecule has 1 heteroatoms. The zero-order valence-corrected chi connectivity index (χ0v) is 13.3. The first-order valence-electron chi connectivity index (χ1n) is 8.19. The molecule has 2 aliphatic rings. The molecule has 2 fully saturated rings. The van der Waals surface area contributed by atoms with Gasteiger partial charge in [-0.1, -0.05) is 46.5 Å². The summed E-state index contributed by atoms with van der Waals surface area (Å²) in [5.41, 5.74) is 0.691. The summed E-state index contributed by atoms with van der Waals surface area (Å²) in [6, 6.07) is 0. The van der Waals surface area contributed by atoms with Gasteiger partial charge in [0.1, 0.15) is 0 Å². The second kappa shape index (κ2) is 6.93. The van der Waals surface area contributed by atoms with E-state index < -0.39 is 0 Å². The molecule has 0 radical (unpaired) electrons. The largest absolute Gasteiger partial charge is 0.375 e. The highest BCUT2D eigenvalue weighted by atomic mass is 16.5. The molecule has 1 saturated carbocycles. The molecule has 1 heterocycles. The van der Waals surface area contributed by atoms with E-state index in [1.807, 2.05) is 13.8 Å².